The van der Waals surface area contributed by atoms with Gasteiger partial charge in [-0.2, -0.15) is 13.2 Å². The van der Waals surface area contributed by atoms with Crippen LogP contribution in [0.3, 0.4) is 0 Å². The van der Waals surface area contributed by atoms with Crippen LogP contribution in [0.1, 0.15) is 27.0 Å². The lowest BCUT2D eigenvalue weighted by Gasteiger charge is -2.13. The number of rotatable bonds is 3. The van der Waals surface area contributed by atoms with E-state index >= 15 is 0 Å². The number of alkyl halides is 3. The molecule has 2 rings (SSSR count). The Balaban J connectivity index is 2.31. The lowest BCUT2D eigenvalue weighted by atomic mass is 9.98. The summed E-state index contributed by atoms with van der Waals surface area (Å²) in [5.41, 5.74) is 7.41. The topological polar surface area (TPSA) is 75.4 Å². The van der Waals surface area contributed by atoms with Crippen LogP contribution in [0, 0.1) is 0 Å². The summed E-state index contributed by atoms with van der Waals surface area (Å²) in [7, 11) is 0. The number of nitrogen functional groups attached to an aromatic ring is 1. The molecule has 116 valence electrons. The average molecular weight is 310 g/mol. The van der Waals surface area contributed by atoms with Gasteiger partial charge in [0.05, 0.1) is 5.56 Å². The van der Waals surface area contributed by atoms with E-state index in [1.807, 2.05) is 0 Å². The van der Waals surface area contributed by atoms with Gasteiger partial charge in [-0.15, -0.1) is 0 Å². The summed E-state index contributed by atoms with van der Waals surface area (Å²) >= 11 is 0. The van der Waals surface area contributed by atoms with Crippen LogP contribution in [0.5, 0.6) is 0 Å². The second-order valence-electron chi connectivity index (χ2n) is 4.73. The maximum Gasteiger partial charge on any atom is 0.416 e. The van der Waals surface area contributed by atoms with Gasteiger partial charge in [0.15, 0.2) is 0 Å². The van der Waals surface area contributed by atoms with Crippen molar-refractivity contribution in [1.29, 1.82) is 0 Å². The fraction of sp³-hybridized carbons (Fsp3) is 0.133. The van der Waals surface area contributed by atoms with E-state index in [-0.39, 0.29) is 23.2 Å². The standard InChI is InChI=1S/C15H13F3N2O2/c16-15(17,18)13-6-5-12(19)8-11(13)7-9-1-3-10(4-2-9)14(21)20-22/h1-6,8,22H,7,19H2,(H,20,21). The molecule has 0 bridgehead atoms. The van der Waals surface area contributed by atoms with Gasteiger partial charge in [-0.1, -0.05) is 12.1 Å². The van der Waals surface area contributed by atoms with E-state index in [2.05, 4.69) is 0 Å². The van der Waals surface area contributed by atoms with Crippen LogP contribution in [0.15, 0.2) is 42.5 Å². The van der Waals surface area contributed by atoms with Gasteiger partial charge in [0.1, 0.15) is 0 Å². The fourth-order valence-electron chi connectivity index (χ4n) is 2.09. The number of benzene rings is 2. The Morgan fingerprint density at radius 1 is 1.14 bits per heavy atom. The normalized spacial score (nSPS) is 11.3. The molecule has 0 aliphatic carbocycles. The van der Waals surface area contributed by atoms with Crippen LogP contribution in [0.25, 0.3) is 0 Å². The Bertz CT molecular complexity index is 682. The highest BCUT2D eigenvalue weighted by atomic mass is 19.4. The molecule has 0 saturated heterocycles. The number of anilines is 1. The maximum atomic E-state index is 13.0. The van der Waals surface area contributed by atoms with Crippen molar-refractivity contribution >= 4 is 11.6 Å². The van der Waals surface area contributed by atoms with E-state index in [9.17, 15) is 18.0 Å². The number of hydrogen-bond donors (Lipinski definition) is 3. The Kier molecular flexibility index (Phi) is 4.37. The third-order valence-corrected chi connectivity index (χ3v) is 3.15. The average Bonchev–Trinajstić information content (AvgIpc) is 2.46. The van der Waals surface area contributed by atoms with Gasteiger partial charge in [-0.25, -0.2) is 5.48 Å². The molecule has 0 aromatic heterocycles. The van der Waals surface area contributed by atoms with Gasteiger partial charge in [0.25, 0.3) is 5.91 Å². The zero-order valence-corrected chi connectivity index (χ0v) is 11.3. The van der Waals surface area contributed by atoms with Gasteiger partial charge in [0, 0.05) is 11.3 Å². The van der Waals surface area contributed by atoms with Crippen LogP contribution in [0.4, 0.5) is 18.9 Å². The van der Waals surface area contributed by atoms with Gasteiger partial charge >= 0.3 is 6.18 Å². The van der Waals surface area contributed by atoms with Crippen molar-refractivity contribution < 1.29 is 23.2 Å². The Hall–Kier alpha value is -2.54. The quantitative estimate of drug-likeness (QED) is 0.463. The third kappa shape index (κ3) is 3.56. The van der Waals surface area contributed by atoms with E-state index in [1.165, 1.54) is 41.9 Å². The minimum atomic E-state index is -4.46. The summed E-state index contributed by atoms with van der Waals surface area (Å²) in [6, 6.07) is 9.33. The molecule has 7 heteroatoms. The highest BCUT2D eigenvalue weighted by Crippen LogP contribution is 2.34. The van der Waals surface area contributed by atoms with Crippen LogP contribution in [0.2, 0.25) is 0 Å². The number of hydrogen-bond acceptors (Lipinski definition) is 3. The molecule has 0 saturated carbocycles. The molecule has 0 aliphatic rings. The van der Waals surface area contributed by atoms with Gasteiger partial charge in [-0.05, 0) is 47.9 Å². The Labute approximate surface area is 124 Å². The van der Waals surface area contributed by atoms with E-state index < -0.39 is 17.6 Å². The number of carbonyl (C=O) groups excluding carboxylic acids is 1. The molecule has 0 unspecified atom stereocenters. The van der Waals surface area contributed by atoms with Gasteiger partial charge < -0.3 is 5.73 Å². The van der Waals surface area contributed by atoms with Crippen molar-refractivity contribution in [2.75, 3.05) is 5.73 Å². The number of nitrogens with two attached hydrogens (primary N) is 1. The van der Waals surface area contributed by atoms with E-state index in [1.54, 1.807) is 0 Å². The summed E-state index contributed by atoms with van der Waals surface area (Å²) < 4.78 is 38.9. The predicted molar refractivity (Wildman–Crippen MR) is 74.4 cm³/mol. The summed E-state index contributed by atoms with van der Waals surface area (Å²) in [4.78, 5) is 11.2. The molecule has 0 spiro atoms. The van der Waals surface area contributed by atoms with Crippen molar-refractivity contribution in [3.8, 4) is 0 Å². The maximum absolute atomic E-state index is 13.0. The second-order valence-corrected chi connectivity index (χ2v) is 4.73. The fourth-order valence-corrected chi connectivity index (χ4v) is 2.09. The van der Waals surface area contributed by atoms with Crippen LogP contribution in [-0.2, 0) is 12.6 Å². The molecule has 2 aromatic rings. The van der Waals surface area contributed by atoms with Crippen molar-refractivity contribution in [3.05, 3.63) is 64.7 Å². The summed E-state index contributed by atoms with van der Waals surface area (Å²) in [5.74, 6) is -0.688. The number of amides is 1. The number of halogens is 3. The molecule has 2 aromatic carbocycles. The lowest BCUT2D eigenvalue weighted by Crippen LogP contribution is -2.18. The van der Waals surface area contributed by atoms with Crippen molar-refractivity contribution in [2.45, 2.75) is 12.6 Å². The molecule has 1 amide bonds. The van der Waals surface area contributed by atoms with E-state index in [4.69, 9.17) is 10.9 Å². The number of hydroxylamine groups is 1. The van der Waals surface area contributed by atoms with Crippen molar-refractivity contribution in [2.24, 2.45) is 0 Å². The first kappa shape index (κ1) is 15.8. The molecule has 4 N–H and O–H groups in total. The van der Waals surface area contributed by atoms with Crippen LogP contribution in [-0.4, -0.2) is 11.1 Å². The minimum absolute atomic E-state index is 0.0287. The zero-order valence-electron chi connectivity index (χ0n) is 11.3. The largest absolute Gasteiger partial charge is 0.416 e. The minimum Gasteiger partial charge on any atom is -0.399 e. The van der Waals surface area contributed by atoms with Crippen LogP contribution < -0.4 is 11.2 Å². The molecule has 0 fully saturated rings. The number of nitrogens with one attached hydrogen (secondary N) is 1. The Morgan fingerprint density at radius 2 is 1.77 bits per heavy atom. The number of carbonyl (C=O) groups is 1. The van der Waals surface area contributed by atoms with Crippen LogP contribution >= 0.6 is 0 Å². The SMILES string of the molecule is Nc1ccc(C(F)(F)F)c(Cc2ccc(C(=O)NO)cc2)c1. The van der Waals surface area contributed by atoms with Crippen molar-refractivity contribution in [1.82, 2.24) is 5.48 Å². The van der Waals surface area contributed by atoms with Crippen molar-refractivity contribution in [3.63, 3.8) is 0 Å². The summed E-state index contributed by atoms with van der Waals surface area (Å²) in [5, 5.41) is 8.51. The molecule has 0 heterocycles. The summed E-state index contributed by atoms with van der Waals surface area (Å²) in [6.45, 7) is 0. The molecule has 0 atom stereocenters. The Morgan fingerprint density at radius 3 is 2.32 bits per heavy atom. The molecule has 4 nitrogen and oxygen atoms in total. The smallest absolute Gasteiger partial charge is 0.399 e. The predicted octanol–water partition coefficient (Wildman–Crippen LogP) is 3.00. The van der Waals surface area contributed by atoms with Gasteiger partial charge in [0.2, 0.25) is 0 Å². The molecular formula is C15H13F3N2O2. The van der Waals surface area contributed by atoms with E-state index in [0.29, 0.717) is 5.56 Å². The first-order chi connectivity index (χ1) is 10.3. The van der Waals surface area contributed by atoms with E-state index in [0.717, 1.165) is 6.07 Å². The molecule has 0 aliphatic heterocycles. The highest BCUT2D eigenvalue weighted by molar-refractivity contribution is 5.93. The molecule has 22 heavy (non-hydrogen) atoms. The third-order valence-electron chi connectivity index (χ3n) is 3.15. The zero-order chi connectivity index (χ0) is 16.3. The first-order valence-electron chi connectivity index (χ1n) is 6.30. The highest BCUT2D eigenvalue weighted by Gasteiger charge is 2.33. The second kappa shape index (κ2) is 6.07. The molecular weight excluding hydrogens is 297 g/mol. The molecule has 0 radical (unpaired) electrons. The monoisotopic (exact) mass is 310 g/mol. The first-order valence-corrected chi connectivity index (χ1v) is 6.30. The van der Waals surface area contributed by atoms with Gasteiger partial charge in [-0.3, -0.25) is 10.0 Å². The summed E-state index contributed by atoms with van der Waals surface area (Å²) in [6.07, 6.45) is -4.43. The lowest BCUT2D eigenvalue weighted by molar-refractivity contribution is -0.138.